The summed E-state index contributed by atoms with van der Waals surface area (Å²) in [4.78, 5) is 22.3. The van der Waals surface area contributed by atoms with Crippen molar-refractivity contribution in [2.45, 2.75) is 31.2 Å². The third kappa shape index (κ3) is 4.10. The van der Waals surface area contributed by atoms with E-state index in [4.69, 9.17) is 5.11 Å². The van der Waals surface area contributed by atoms with E-state index in [9.17, 15) is 18.4 Å². The summed E-state index contributed by atoms with van der Waals surface area (Å²) in [6.45, 7) is -0.672. The fraction of sp³-hybridized carbons (Fsp3) is 0.800. The second-order valence-electron chi connectivity index (χ2n) is 4.09. The molecule has 1 rings (SSSR count). The molecule has 18 heavy (non-hydrogen) atoms. The van der Waals surface area contributed by atoms with E-state index in [-0.39, 0.29) is 13.2 Å². The highest BCUT2D eigenvalue weighted by Gasteiger charge is 2.45. The van der Waals surface area contributed by atoms with Gasteiger partial charge in [0.05, 0.1) is 6.61 Å². The van der Waals surface area contributed by atoms with E-state index < -0.39 is 30.6 Å². The van der Waals surface area contributed by atoms with Crippen LogP contribution < -0.4 is 10.6 Å². The Bertz CT molecular complexity index is 308. The molecule has 3 N–H and O–H groups in total. The number of rotatable bonds is 7. The van der Waals surface area contributed by atoms with Gasteiger partial charge in [0, 0.05) is 6.54 Å². The van der Waals surface area contributed by atoms with Gasteiger partial charge in [0.25, 0.3) is 6.43 Å². The second kappa shape index (κ2) is 6.48. The average Bonchev–Trinajstić information content (AvgIpc) is 2.22. The van der Waals surface area contributed by atoms with Gasteiger partial charge in [-0.1, -0.05) is 0 Å². The van der Waals surface area contributed by atoms with Crippen LogP contribution in [0.4, 0.5) is 13.6 Å². The number of carboxylic acid groups (broad SMARTS) is 1. The number of carbonyl (C=O) groups is 2. The van der Waals surface area contributed by atoms with Crippen molar-refractivity contribution < 1.29 is 28.2 Å². The lowest BCUT2D eigenvalue weighted by Gasteiger charge is -2.38. The average molecular weight is 266 g/mol. The first-order chi connectivity index (χ1) is 8.46. The van der Waals surface area contributed by atoms with Gasteiger partial charge in [-0.15, -0.1) is 0 Å². The molecule has 0 aliphatic heterocycles. The molecular weight excluding hydrogens is 250 g/mol. The van der Waals surface area contributed by atoms with Crippen molar-refractivity contribution >= 4 is 12.0 Å². The van der Waals surface area contributed by atoms with Crippen molar-refractivity contribution in [3.63, 3.8) is 0 Å². The third-order valence-corrected chi connectivity index (χ3v) is 2.75. The van der Waals surface area contributed by atoms with Crippen LogP contribution in [-0.4, -0.2) is 48.8 Å². The molecule has 0 aromatic heterocycles. The Morgan fingerprint density at radius 2 is 2.06 bits per heavy atom. The number of ether oxygens (including phenoxy) is 1. The van der Waals surface area contributed by atoms with Crippen molar-refractivity contribution in [2.24, 2.45) is 0 Å². The largest absolute Gasteiger partial charge is 0.480 e. The number of nitrogens with one attached hydrogen (secondary N) is 2. The zero-order chi connectivity index (χ0) is 13.6. The van der Waals surface area contributed by atoms with Crippen LogP contribution in [-0.2, 0) is 9.53 Å². The Balaban J connectivity index is 2.16. The Morgan fingerprint density at radius 3 is 2.50 bits per heavy atom. The van der Waals surface area contributed by atoms with Crippen LogP contribution in [0.25, 0.3) is 0 Å². The number of aliphatic carboxylic acids is 1. The maximum Gasteiger partial charge on any atom is 0.329 e. The Kier molecular flexibility index (Phi) is 5.26. The molecule has 0 unspecified atom stereocenters. The number of carbonyl (C=O) groups excluding carboxylic acids is 1. The Labute approximate surface area is 103 Å². The SMILES string of the molecule is O=C(NCCOCC(F)F)NC1(C(=O)O)CCC1. The number of halogens is 2. The summed E-state index contributed by atoms with van der Waals surface area (Å²) in [5, 5.41) is 13.7. The summed E-state index contributed by atoms with van der Waals surface area (Å²) < 4.78 is 27.9. The number of carboxylic acids is 1. The molecule has 0 saturated heterocycles. The standard InChI is InChI=1S/C10H16F2N2O4/c11-7(12)6-18-5-4-13-9(17)14-10(8(15)16)2-1-3-10/h7H,1-6H2,(H,15,16)(H2,13,14,17). The van der Waals surface area contributed by atoms with Gasteiger partial charge >= 0.3 is 12.0 Å². The summed E-state index contributed by atoms with van der Waals surface area (Å²) in [5.41, 5.74) is -1.17. The third-order valence-electron chi connectivity index (χ3n) is 2.75. The van der Waals surface area contributed by atoms with Gasteiger partial charge in [0.1, 0.15) is 12.1 Å². The van der Waals surface area contributed by atoms with Crippen LogP contribution in [0, 0.1) is 0 Å². The first kappa shape index (κ1) is 14.6. The molecule has 0 spiro atoms. The molecule has 1 aliphatic carbocycles. The van der Waals surface area contributed by atoms with Crippen LogP contribution in [0.2, 0.25) is 0 Å². The molecule has 8 heteroatoms. The van der Waals surface area contributed by atoms with Gasteiger partial charge in [-0.25, -0.2) is 18.4 Å². The molecule has 6 nitrogen and oxygen atoms in total. The van der Waals surface area contributed by atoms with Crippen molar-refractivity contribution in [3.05, 3.63) is 0 Å². The Hall–Kier alpha value is -1.44. The minimum atomic E-state index is -2.54. The minimum absolute atomic E-state index is 0.0438. The van der Waals surface area contributed by atoms with E-state index in [2.05, 4.69) is 15.4 Å². The summed E-state index contributed by atoms with van der Waals surface area (Å²) in [6, 6.07) is -0.627. The summed E-state index contributed by atoms with van der Waals surface area (Å²) in [7, 11) is 0. The van der Waals surface area contributed by atoms with Gasteiger partial charge < -0.3 is 20.5 Å². The molecule has 2 amide bonds. The predicted molar refractivity (Wildman–Crippen MR) is 57.6 cm³/mol. The van der Waals surface area contributed by atoms with Crippen LogP contribution in [0.1, 0.15) is 19.3 Å². The van der Waals surface area contributed by atoms with Crippen molar-refractivity contribution in [2.75, 3.05) is 19.8 Å². The van der Waals surface area contributed by atoms with Crippen LogP contribution >= 0.6 is 0 Å². The lowest BCUT2D eigenvalue weighted by atomic mass is 9.77. The molecule has 1 fully saturated rings. The first-order valence-corrected chi connectivity index (χ1v) is 5.61. The quantitative estimate of drug-likeness (QED) is 0.588. The number of hydrogen-bond acceptors (Lipinski definition) is 3. The van der Waals surface area contributed by atoms with Crippen molar-refractivity contribution in [1.82, 2.24) is 10.6 Å². The van der Waals surface area contributed by atoms with E-state index in [1.165, 1.54) is 0 Å². The van der Waals surface area contributed by atoms with E-state index in [1.807, 2.05) is 0 Å². The fourth-order valence-electron chi connectivity index (χ4n) is 1.59. The van der Waals surface area contributed by atoms with Crippen LogP contribution in [0.3, 0.4) is 0 Å². The van der Waals surface area contributed by atoms with E-state index in [0.717, 1.165) is 6.42 Å². The molecule has 0 bridgehead atoms. The zero-order valence-corrected chi connectivity index (χ0v) is 9.75. The van der Waals surface area contributed by atoms with Crippen molar-refractivity contribution in [3.8, 4) is 0 Å². The zero-order valence-electron chi connectivity index (χ0n) is 9.75. The van der Waals surface area contributed by atoms with E-state index >= 15 is 0 Å². The topological polar surface area (TPSA) is 87.7 Å². The highest BCUT2D eigenvalue weighted by atomic mass is 19.3. The maximum absolute atomic E-state index is 11.7. The number of urea groups is 1. The number of amides is 2. The normalized spacial score (nSPS) is 17.1. The van der Waals surface area contributed by atoms with E-state index in [1.54, 1.807) is 0 Å². The van der Waals surface area contributed by atoms with Gasteiger partial charge in [-0.05, 0) is 19.3 Å². The van der Waals surface area contributed by atoms with Gasteiger partial charge in [0.15, 0.2) is 0 Å². The lowest BCUT2D eigenvalue weighted by molar-refractivity contribution is -0.148. The lowest BCUT2D eigenvalue weighted by Crippen LogP contribution is -2.61. The van der Waals surface area contributed by atoms with E-state index in [0.29, 0.717) is 12.8 Å². The second-order valence-corrected chi connectivity index (χ2v) is 4.09. The summed E-state index contributed by atoms with van der Waals surface area (Å²) >= 11 is 0. The van der Waals surface area contributed by atoms with Crippen molar-refractivity contribution in [1.29, 1.82) is 0 Å². The first-order valence-electron chi connectivity index (χ1n) is 5.61. The molecule has 0 aromatic rings. The number of hydrogen-bond donors (Lipinski definition) is 3. The van der Waals surface area contributed by atoms with Gasteiger partial charge in [0.2, 0.25) is 0 Å². The minimum Gasteiger partial charge on any atom is -0.480 e. The number of alkyl halides is 2. The molecule has 1 aliphatic rings. The molecule has 0 atom stereocenters. The highest BCUT2D eigenvalue weighted by Crippen LogP contribution is 2.31. The fourth-order valence-corrected chi connectivity index (χ4v) is 1.59. The molecule has 0 radical (unpaired) electrons. The Morgan fingerprint density at radius 1 is 1.39 bits per heavy atom. The van der Waals surface area contributed by atoms with Crippen LogP contribution in [0.5, 0.6) is 0 Å². The summed E-state index contributed by atoms with van der Waals surface area (Å²) in [5.74, 6) is -1.06. The van der Waals surface area contributed by atoms with Gasteiger partial charge in [-0.3, -0.25) is 0 Å². The molecular formula is C10H16F2N2O4. The predicted octanol–water partition coefficient (Wildman–Crippen LogP) is 0.575. The van der Waals surface area contributed by atoms with Crippen LogP contribution in [0.15, 0.2) is 0 Å². The smallest absolute Gasteiger partial charge is 0.329 e. The summed E-state index contributed by atoms with van der Waals surface area (Å²) in [6.07, 6.45) is -0.983. The molecule has 0 aromatic carbocycles. The maximum atomic E-state index is 11.7. The molecule has 104 valence electrons. The van der Waals surface area contributed by atoms with Gasteiger partial charge in [-0.2, -0.15) is 0 Å². The monoisotopic (exact) mass is 266 g/mol. The molecule has 1 saturated carbocycles. The molecule has 0 heterocycles. The highest BCUT2D eigenvalue weighted by molar-refractivity contribution is 5.87.